The van der Waals surface area contributed by atoms with Crippen LogP contribution in [0.25, 0.3) is 0 Å². The predicted molar refractivity (Wildman–Crippen MR) is 112 cm³/mol. The molecule has 0 atom stereocenters. The fraction of sp³-hybridized carbons (Fsp3) is 0.130. The van der Waals surface area contributed by atoms with E-state index in [9.17, 15) is 9.18 Å². The summed E-state index contributed by atoms with van der Waals surface area (Å²) in [7, 11) is 3.02. The average Bonchev–Trinajstić information content (AvgIpc) is 2.79. The van der Waals surface area contributed by atoms with Gasteiger partial charge in [0, 0.05) is 17.2 Å². The van der Waals surface area contributed by atoms with E-state index in [-0.39, 0.29) is 12.4 Å². The van der Waals surface area contributed by atoms with Crippen molar-refractivity contribution >= 4 is 12.1 Å². The number of hydrogen-bond donors (Lipinski definition) is 1. The van der Waals surface area contributed by atoms with Gasteiger partial charge in [0.2, 0.25) is 0 Å². The number of ether oxygens (including phenoxy) is 3. The van der Waals surface area contributed by atoms with Gasteiger partial charge in [-0.05, 0) is 42.0 Å². The number of nitrogens with zero attached hydrogens (tertiary/aromatic N) is 1. The van der Waals surface area contributed by atoms with Gasteiger partial charge < -0.3 is 14.2 Å². The number of para-hydroxylation sites is 1. The van der Waals surface area contributed by atoms with Gasteiger partial charge in [-0.15, -0.1) is 0 Å². The first-order valence-corrected chi connectivity index (χ1v) is 9.12. The fourth-order valence-corrected chi connectivity index (χ4v) is 2.62. The lowest BCUT2D eigenvalue weighted by Crippen LogP contribution is -2.17. The van der Waals surface area contributed by atoms with Crippen molar-refractivity contribution < 1.29 is 23.4 Å². The number of hydrazone groups is 1. The summed E-state index contributed by atoms with van der Waals surface area (Å²) in [5.74, 6) is 0.887. The minimum atomic E-state index is -0.409. The van der Waals surface area contributed by atoms with Crippen LogP contribution in [0, 0.1) is 5.82 Å². The highest BCUT2D eigenvalue weighted by Crippen LogP contribution is 2.22. The van der Waals surface area contributed by atoms with Gasteiger partial charge in [-0.3, -0.25) is 4.79 Å². The Labute approximate surface area is 173 Å². The van der Waals surface area contributed by atoms with Gasteiger partial charge >= 0.3 is 0 Å². The number of rotatable bonds is 8. The van der Waals surface area contributed by atoms with Crippen LogP contribution in [0.2, 0.25) is 0 Å². The van der Waals surface area contributed by atoms with Gasteiger partial charge in [0.05, 0.1) is 20.4 Å². The SMILES string of the molecule is COc1cc(OC)cc(C(=O)NN=Cc2ccccc2OCc2ccc(F)cc2)c1. The second-order valence-electron chi connectivity index (χ2n) is 6.25. The molecule has 3 aromatic rings. The molecule has 1 N–H and O–H groups in total. The van der Waals surface area contributed by atoms with E-state index >= 15 is 0 Å². The van der Waals surface area contributed by atoms with Gasteiger partial charge in [-0.1, -0.05) is 24.3 Å². The molecule has 0 saturated heterocycles. The first kappa shape index (κ1) is 20.9. The first-order chi connectivity index (χ1) is 14.6. The summed E-state index contributed by atoms with van der Waals surface area (Å²) in [6.07, 6.45) is 1.50. The van der Waals surface area contributed by atoms with Crippen molar-refractivity contribution in [3.8, 4) is 17.2 Å². The summed E-state index contributed by atoms with van der Waals surface area (Å²) in [6.45, 7) is 0.279. The molecular formula is C23H21FN2O4. The van der Waals surface area contributed by atoms with E-state index in [1.807, 2.05) is 18.2 Å². The van der Waals surface area contributed by atoms with E-state index in [2.05, 4.69) is 10.5 Å². The Morgan fingerprint density at radius 3 is 2.33 bits per heavy atom. The zero-order valence-corrected chi connectivity index (χ0v) is 16.6. The number of nitrogens with one attached hydrogen (secondary N) is 1. The van der Waals surface area contributed by atoms with E-state index < -0.39 is 5.91 Å². The molecule has 154 valence electrons. The van der Waals surface area contributed by atoms with E-state index in [1.165, 1.54) is 32.6 Å². The highest BCUT2D eigenvalue weighted by Gasteiger charge is 2.09. The maximum Gasteiger partial charge on any atom is 0.271 e. The van der Waals surface area contributed by atoms with Crippen molar-refractivity contribution in [3.05, 3.63) is 89.2 Å². The highest BCUT2D eigenvalue weighted by atomic mass is 19.1. The molecule has 0 aliphatic rings. The maximum absolute atomic E-state index is 13.0. The van der Waals surface area contributed by atoms with Crippen molar-refractivity contribution in [1.29, 1.82) is 0 Å². The quantitative estimate of drug-likeness (QED) is 0.448. The van der Waals surface area contributed by atoms with Gasteiger partial charge in [0.15, 0.2) is 0 Å². The second kappa shape index (κ2) is 10.1. The van der Waals surface area contributed by atoms with Crippen molar-refractivity contribution in [3.63, 3.8) is 0 Å². The Balaban J connectivity index is 1.66. The van der Waals surface area contributed by atoms with Crippen LogP contribution in [-0.4, -0.2) is 26.3 Å². The molecule has 7 heteroatoms. The second-order valence-corrected chi connectivity index (χ2v) is 6.25. The van der Waals surface area contributed by atoms with Crippen molar-refractivity contribution in [2.45, 2.75) is 6.61 Å². The van der Waals surface area contributed by atoms with Crippen LogP contribution in [-0.2, 0) is 6.61 Å². The monoisotopic (exact) mass is 408 g/mol. The first-order valence-electron chi connectivity index (χ1n) is 9.12. The topological polar surface area (TPSA) is 69.2 Å². The average molecular weight is 408 g/mol. The third kappa shape index (κ3) is 5.57. The molecule has 0 aliphatic heterocycles. The van der Waals surface area contributed by atoms with E-state index in [0.717, 1.165) is 5.56 Å². The third-order valence-corrected chi connectivity index (χ3v) is 4.21. The molecule has 3 aromatic carbocycles. The van der Waals surface area contributed by atoms with Crippen LogP contribution >= 0.6 is 0 Å². The Hall–Kier alpha value is -3.87. The maximum atomic E-state index is 13.0. The van der Waals surface area contributed by atoms with Gasteiger partial charge in [0.1, 0.15) is 29.7 Å². The zero-order chi connectivity index (χ0) is 21.3. The lowest BCUT2D eigenvalue weighted by Gasteiger charge is -2.09. The largest absolute Gasteiger partial charge is 0.497 e. The molecule has 0 bridgehead atoms. The Bertz CT molecular complexity index is 1010. The molecule has 0 unspecified atom stereocenters. The normalized spacial score (nSPS) is 10.6. The fourth-order valence-electron chi connectivity index (χ4n) is 2.62. The van der Waals surface area contributed by atoms with Crippen LogP contribution in [0.3, 0.4) is 0 Å². The smallest absolute Gasteiger partial charge is 0.271 e. The van der Waals surface area contributed by atoms with Crippen molar-refractivity contribution in [2.75, 3.05) is 14.2 Å². The van der Waals surface area contributed by atoms with Crippen molar-refractivity contribution in [2.24, 2.45) is 5.10 Å². The summed E-state index contributed by atoms with van der Waals surface area (Å²) < 4.78 is 29.2. The molecule has 0 saturated carbocycles. The summed E-state index contributed by atoms with van der Waals surface area (Å²) in [5, 5.41) is 4.02. The standard InChI is InChI=1S/C23H21FN2O4/c1-28-20-11-18(12-21(13-20)29-2)23(27)26-25-14-17-5-3-4-6-22(17)30-15-16-7-9-19(24)10-8-16/h3-14H,15H2,1-2H3,(H,26,27). The van der Waals surface area contributed by atoms with Crippen LogP contribution in [0.15, 0.2) is 71.8 Å². The Morgan fingerprint density at radius 1 is 1.00 bits per heavy atom. The van der Waals surface area contributed by atoms with Gasteiger partial charge in [-0.25, -0.2) is 9.82 Å². The van der Waals surface area contributed by atoms with Crippen LogP contribution in [0.1, 0.15) is 21.5 Å². The highest BCUT2D eigenvalue weighted by molar-refractivity contribution is 5.96. The number of hydrogen-bond acceptors (Lipinski definition) is 5. The summed E-state index contributed by atoms with van der Waals surface area (Å²) in [5.41, 5.74) is 4.35. The molecule has 0 aromatic heterocycles. The minimum absolute atomic E-state index is 0.279. The molecule has 0 fully saturated rings. The van der Waals surface area contributed by atoms with Crippen molar-refractivity contribution in [1.82, 2.24) is 5.43 Å². The Morgan fingerprint density at radius 2 is 1.67 bits per heavy atom. The third-order valence-electron chi connectivity index (χ3n) is 4.21. The number of halogens is 1. The summed E-state index contributed by atoms with van der Waals surface area (Å²) >= 11 is 0. The predicted octanol–water partition coefficient (Wildman–Crippen LogP) is 4.19. The summed E-state index contributed by atoms with van der Waals surface area (Å²) in [6, 6.07) is 18.2. The lowest BCUT2D eigenvalue weighted by molar-refractivity contribution is 0.0954. The van der Waals surface area contributed by atoms with Crippen LogP contribution < -0.4 is 19.6 Å². The zero-order valence-electron chi connectivity index (χ0n) is 16.6. The molecule has 30 heavy (non-hydrogen) atoms. The van der Waals surface area contributed by atoms with Crippen LogP contribution in [0.5, 0.6) is 17.2 Å². The number of methoxy groups -OCH3 is 2. The molecule has 6 nitrogen and oxygen atoms in total. The number of amides is 1. The lowest BCUT2D eigenvalue weighted by atomic mass is 10.2. The minimum Gasteiger partial charge on any atom is -0.497 e. The number of benzene rings is 3. The Kier molecular flexibility index (Phi) is 7.00. The van der Waals surface area contributed by atoms with Gasteiger partial charge in [-0.2, -0.15) is 5.10 Å². The molecule has 1 amide bonds. The summed E-state index contributed by atoms with van der Waals surface area (Å²) in [4.78, 5) is 12.4. The number of carbonyl (C=O) groups is 1. The molecule has 3 rings (SSSR count). The molecule has 0 radical (unpaired) electrons. The molecule has 0 heterocycles. The van der Waals surface area contributed by atoms with E-state index in [0.29, 0.717) is 28.4 Å². The molecule has 0 spiro atoms. The molecular weight excluding hydrogens is 387 g/mol. The molecule has 0 aliphatic carbocycles. The van der Waals surface area contributed by atoms with Crippen LogP contribution in [0.4, 0.5) is 4.39 Å². The number of carbonyl (C=O) groups excluding carboxylic acids is 1. The van der Waals surface area contributed by atoms with E-state index in [1.54, 1.807) is 36.4 Å². The van der Waals surface area contributed by atoms with Gasteiger partial charge in [0.25, 0.3) is 5.91 Å². The van der Waals surface area contributed by atoms with E-state index in [4.69, 9.17) is 14.2 Å².